The highest BCUT2D eigenvalue weighted by Crippen LogP contribution is 2.35. The third-order valence-corrected chi connectivity index (χ3v) is 11.5. The Balaban J connectivity index is 0.000000150. The fraction of sp³-hybridized carbons (Fsp3) is 0.300. The van der Waals surface area contributed by atoms with Crippen LogP contribution in [0.5, 0.6) is 0 Å². The number of aromatic nitrogens is 4. The number of methoxy groups -OCH3 is 1. The van der Waals surface area contributed by atoms with Gasteiger partial charge in [0.2, 0.25) is 30.5 Å². The molecular weight excluding hydrogens is 797 g/mol. The molecule has 19 heteroatoms. The Morgan fingerprint density at radius 1 is 0.644 bits per heavy atom. The topological polar surface area (TPSA) is 201 Å². The first-order chi connectivity index (χ1) is 28.7. The highest BCUT2D eigenvalue weighted by atomic mass is 32.1. The van der Waals surface area contributed by atoms with Crippen LogP contribution in [0.2, 0.25) is 0 Å². The van der Waals surface area contributed by atoms with Gasteiger partial charge in [-0.05, 0) is 36.8 Å². The normalized spacial score (nSPS) is 14.3. The van der Waals surface area contributed by atoms with Crippen LogP contribution in [-0.4, -0.2) is 98.5 Å². The lowest BCUT2D eigenvalue weighted by Crippen LogP contribution is -2.41. The van der Waals surface area contributed by atoms with E-state index in [0.717, 1.165) is 82.7 Å². The highest BCUT2D eigenvalue weighted by Gasteiger charge is 2.30. The summed E-state index contributed by atoms with van der Waals surface area (Å²) >= 11 is 3.05. The summed E-state index contributed by atoms with van der Waals surface area (Å²) in [5.41, 5.74) is 1.61. The first-order valence-corrected chi connectivity index (χ1v) is 20.5. The van der Waals surface area contributed by atoms with E-state index < -0.39 is 18.2 Å². The van der Waals surface area contributed by atoms with E-state index in [4.69, 9.17) is 0 Å². The Morgan fingerprint density at radius 3 is 1.41 bits per heavy atom. The molecule has 2 aliphatic rings. The molecule has 0 aliphatic carbocycles. The van der Waals surface area contributed by atoms with Gasteiger partial charge in [0.05, 0.1) is 29.3 Å². The smallest absolute Gasteiger partial charge is 0.407 e. The van der Waals surface area contributed by atoms with Crippen molar-refractivity contribution in [2.75, 3.05) is 43.9 Å². The standard InChI is InChI=1S/C14H18N2O3.C14H18N2O2.C12H8N6O2S2/c1-19-14(18)15-12(11-7-3-2-4-8-11)13(17)16-9-5-6-10-16;1-11(17)15-13(12-7-3-2-4-8-12)14(18)16-9-5-6-10-16;19-5-13-9-3-17-1-7(21-11(17)15-9)8-2-18-4-10(14-6-20)16-12(18)22-8/h2-4,7-8,12H,5-6,9-10H2,1H3,(H,15,18);2-4,7-8,13H,5-6,9-10H2,1H3,(H,15,17);1-6H,(H,13,19)(H,14,20). The van der Waals surface area contributed by atoms with E-state index in [0.29, 0.717) is 24.5 Å². The number of imidazole rings is 2. The van der Waals surface area contributed by atoms with Crippen molar-refractivity contribution in [2.45, 2.75) is 44.7 Å². The average molecular weight is 841 g/mol. The third-order valence-electron chi connectivity index (χ3n) is 9.36. The molecule has 6 heterocycles. The molecule has 0 radical (unpaired) electrons. The molecule has 59 heavy (non-hydrogen) atoms. The maximum atomic E-state index is 12.5. The molecule has 0 saturated carbocycles. The Labute approximate surface area is 347 Å². The van der Waals surface area contributed by atoms with Crippen molar-refractivity contribution in [3.8, 4) is 9.75 Å². The number of rotatable bonds is 11. The largest absolute Gasteiger partial charge is 0.453 e. The highest BCUT2D eigenvalue weighted by molar-refractivity contribution is 7.26. The van der Waals surface area contributed by atoms with Crippen LogP contribution in [0.1, 0.15) is 55.8 Å². The second kappa shape index (κ2) is 20.2. The van der Waals surface area contributed by atoms with Crippen LogP contribution in [0, 0.1) is 0 Å². The van der Waals surface area contributed by atoms with Crippen molar-refractivity contribution in [1.29, 1.82) is 0 Å². The third kappa shape index (κ3) is 10.9. The Morgan fingerprint density at radius 2 is 1.05 bits per heavy atom. The number of ether oxygens (including phenoxy) is 1. The van der Waals surface area contributed by atoms with Crippen LogP contribution < -0.4 is 21.3 Å². The van der Waals surface area contributed by atoms with Gasteiger partial charge in [-0.15, -0.1) is 0 Å². The number of hydrogen-bond donors (Lipinski definition) is 4. The van der Waals surface area contributed by atoms with Crippen LogP contribution in [-0.2, 0) is 28.7 Å². The van der Waals surface area contributed by atoms with Crippen LogP contribution in [0.25, 0.3) is 19.7 Å². The summed E-state index contributed by atoms with van der Waals surface area (Å²) in [7, 11) is 1.29. The summed E-state index contributed by atoms with van der Waals surface area (Å²) in [5, 5.41) is 10.4. The number of fused-ring (bicyclic) bond motifs is 2. The fourth-order valence-electron chi connectivity index (χ4n) is 6.57. The zero-order valence-corrected chi connectivity index (χ0v) is 34.0. The number of alkyl carbamates (subject to hydrolysis) is 1. The van der Waals surface area contributed by atoms with Crippen molar-refractivity contribution in [3.63, 3.8) is 0 Å². The van der Waals surface area contributed by atoms with Crippen molar-refractivity contribution in [1.82, 2.24) is 39.2 Å². The number of nitrogens with one attached hydrogen (secondary N) is 4. The molecule has 2 aromatic carbocycles. The Kier molecular flexibility index (Phi) is 14.4. The van der Waals surface area contributed by atoms with E-state index in [1.807, 2.05) is 86.8 Å². The van der Waals surface area contributed by atoms with Crippen molar-refractivity contribution in [3.05, 3.63) is 96.6 Å². The van der Waals surface area contributed by atoms with Gasteiger partial charge < -0.3 is 35.8 Å². The second-order valence-corrected chi connectivity index (χ2v) is 15.5. The van der Waals surface area contributed by atoms with Gasteiger partial charge in [-0.3, -0.25) is 32.8 Å². The molecule has 2 aliphatic heterocycles. The molecule has 0 bridgehead atoms. The van der Waals surface area contributed by atoms with E-state index in [-0.39, 0.29) is 17.7 Å². The molecule has 6 aromatic rings. The van der Waals surface area contributed by atoms with Crippen LogP contribution in [0.3, 0.4) is 0 Å². The van der Waals surface area contributed by atoms with E-state index in [1.165, 1.54) is 36.7 Å². The van der Waals surface area contributed by atoms with Gasteiger partial charge in [-0.2, -0.15) is 0 Å². The van der Waals surface area contributed by atoms with E-state index >= 15 is 0 Å². The first kappa shape index (κ1) is 42.0. The van der Waals surface area contributed by atoms with Gasteiger partial charge in [0.15, 0.2) is 21.6 Å². The summed E-state index contributed by atoms with van der Waals surface area (Å²) in [6, 6.07) is 17.4. The van der Waals surface area contributed by atoms with Gasteiger partial charge in [0.25, 0.3) is 0 Å². The quantitative estimate of drug-likeness (QED) is 0.128. The molecule has 4 N–H and O–H groups in total. The minimum Gasteiger partial charge on any atom is -0.453 e. The number of benzene rings is 2. The maximum Gasteiger partial charge on any atom is 0.407 e. The number of likely N-dealkylation sites (tertiary alicyclic amines) is 2. The number of carbonyl (C=O) groups is 6. The zero-order chi connectivity index (χ0) is 41.7. The van der Waals surface area contributed by atoms with Gasteiger partial charge >= 0.3 is 6.09 Å². The minimum absolute atomic E-state index is 0.00565. The van der Waals surface area contributed by atoms with Crippen LogP contribution in [0.4, 0.5) is 16.4 Å². The Bertz CT molecular complexity index is 2220. The summed E-state index contributed by atoms with van der Waals surface area (Å²) < 4.78 is 8.33. The van der Waals surface area contributed by atoms with Crippen molar-refractivity contribution >= 4 is 80.9 Å². The SMILES string of the molecule is CC(=O)NC(C(=O)N1CCCC1)c1ccccc1.COC(=O)NC(C(=O)N1CCCC1)c1ccccc1.O=CNc1cn2cc(-c3cn4cc(NC=O)nc4s3)sc2n1. The predicted octanol–water partition coefficient (Wildman–Crippen LogP) is 5.10. The van der Waals surface area contributed by atoms with Crippen molar-refractivity contribution in [2.24, 2.45) is 0 Å². The van der Waals surface area contributed by atoms with Gasteiger partial charge in [0.1, 0.15) is 12.1 Å². The number of amides is 6. The molecular formula is C40H44N10O7S2. The lowest BCUT2D eigenvalue weighted by Gasteiger charge is -2.23. The predicted molar refractivity (Wildman–Crippen MR) is 224 cm³/mol. The Hall–Kier alpha value is -6.60. The molecule has 6 amide bonds. The maximum absolute atomic E-state index is 12.5. The van der Waals surface area contributed by atoms with E-state index in [1.54, 1.807) is 17.3 Å². The van der Waals surface area contributed by atoms with Gasteiger partial charge in [0, 0.05) is 45.5 Å². The minimum atomic E-state index is -0.674. The van der Waals surface area contributed by atoms with Crippen LogP contribution >= 0.6 is 22.7 Å². The van der Waals surface area contributed by atoms with E-state index in [9.17, 15) is 28.8 Å². The van der Waals surface area contributed by atoms with Crippen LogP contribution in [0.15, 0.2) is 85.5 Å². The number of anilines is 2. The van der Waals surface area contributed by atoms with Gasteiger partial charge in [-0.25, -0.2) is 14.8 Å². The molecule has 0 spiro atoms. The molecule has 2 fully saturated rings. The van der Waals surface area contributed by atoms with E-state index in [2.05, 4.69) is 36.0 Å². The van der Waals surface area contributed by atoms with Crippen molar-refractivity contribution < 1.29 is 33.5 Å². The molecule has 2 atom stereocenters. The number of hydrogen-bond acceptors (Lipinski definition) is 11. The number of carbonyl (C=O) groups excluding carboxylic acids is 6. The lowest BCUT2D eigenvalue weighted by atomic mass is 10.1. The zero-order valence-electron chi connectivity index (χ0n) is 32.4. The molecule has 2 saturated heterocycles. The fourth-order valence-corrected chi connectivity index (χ4v) is 8.56. The molecule has 8 rings (SSSR count). The monoisotopic (exact) mass is 840 g/mol. The molecule has 2 unspecified atom stereocenters. The lowest BCUT2D eigenvalue weighted by molar-refractivity contribution is -0.135. The molecule has 17 nitrogen and oxygen atoms in total. The summed E-state index contributed by atoms with van der Waals surface area (Å²) in [6.07, 6.45) is 12.2. The average Bonchev–Trinajstić information content (AvgIpc) is 4.10. The summed E-state index contributed by atoms with van der Waals surface area (Å²) in [5.74, 6) is 0.788. The summed E-state index contributed by atoms with van der Waals surface area (Å²) in [6.45, 7) is 4.53. The first-order valence-electron chi connectivity index (χ1n) is 18.8. The molecule has 308 valence electrons. The second-order valence-electron chi connectivity index (χ2n) is 13.4. The molecule has 4 aromatic heterocycles. The summed E-state index contributed by atoms with van der Waals surface area (Å²) in [4.78, 5) is 84.3. The number of thiazole rings is 2. The van der Waals surface area contributed by atoms with Gasteiger partial charge in [-0.1, -0.05) is 83.3 Å². The number of nitrogens with zero attached hydrogens (tertiary/aromatic N) is 6.